The van der Waals surface area contributed by atoms with Crippen LogP contribution in [0.5, 0.6) is 0 Å². The Bertz CT molecular complexity index is 1290. The lowest BCUT2D eigenvalue weighted by Gasteiger charge is -2.17. The number of pyridine rings is 1. The van der Waals surface area contributed by atoms with Gasteiger partial charge >= 0.3 is 0 Å². The summed E-state index contributed by atoms with van der Waals surface area (Å²) in [7, 11) is 0. The van der Waals surface area contributed by atoms with Gasteiger partial charge in [0.2, 0.25) is 5.95 Å². The molecule has 7 nitrogen and oxygen atoms in total. The Balaban J connectivity index is 1.42. The van der Waals surface area contributed by atoms with Crippen LogP contribution in [0.25, 0.3) is 11.3 Å². The number of benzene rings is 2. The fourth-order valence-electron chi connectivity index (χ4n) is 3.90. The van der Waals surface area contributed by atoms with Crippen molar-refractivity contribution in [1.82, 2.24) is 19.9 Å². The van der Waals surface area contributed by atoms with Gasteiger partial charge < -0.3 is 15.5 Å². The Hall–Kier alpha value is -4.10. The number of anilines is 3. The Kier molecular flexibility index (Phi) is 8.36. The van der Waals surface area contributed by atoms with E-state index in [1.165, 1.54) is 5.56 Å². The lowest BCUT2D eigenvalue weighted by Crippen LogP contribution is -2.25. The zero-order valence-electron chi connectivity index (χ0n) is 21.0. The lowest BCUT2D eigenvalue weighted by molar-refractivity contribution is 0.102. The highest BCUT2D eigenvalue weighted by atomic mass is 16.1. The number of likely N-dealkylation sites (N-methyl/N-ethyl adjacent to an activating group) is 1. The fraction of sp³-hybridized carbons (Fsp3) is 0.241. The average Bonchev–Trinajstić information content (AvgIpc) is 2.92. The molecule has 0 atom stereocenters. The molecule has 0 radical (unpaired) electrons. The first-order valence-electron chi connectivity index (χ1n) is 12.3. The molecule has 2 heterocycles. The molecule has 0 aliphatic heterocycles. The van der Waals surface area contributed by atoms with Gasteiger partial charge in [-0.15, -0.1) is 0 Å². The molecule has 0 aliphatic carbocycles. The first-order chi connectivity index (χ1) is 17.6. The molecule has 0 spiro atoms. The third-order valence-electron chi connectivity index (χ3n) is 6.18. The number of hydrogen-bond donors (Lipinski definition) is 2. The molecule has 0 saturated heterocycles. The van der Waals surface area contributed by atoms with E-state index in [1.54, 1.807) is 18.6 Å². The van der Waals surface area contributed by atoms with Gasteiger partial charge in [0.05, 0.1) is 5.69 Å². The molecule has 7 heteroatoms. The zero-order valence-corrected chi connectivity index (χ0v) is 21.0. The van der Waals surface area contributed by atoms with E-state index in [4.69, 9.17) is 0 Å². The second-order valence-corrected chi connectivity index (χ2v) is 8.59. The predicted octanol–water partition coefficient (Wildman–Crippen LogP) is 5.73. The van der Waals surface area contributed by atoms with Crippen molar-refractivity contribution >= 4 is 23.2 Å². The summed E-state index contributed by atoms with van der Waals surface area (Å²) in [6.45, 7) is 9.46. The highest BCUT2D eigenvalue weighted by Gasteiger charge is 2.10. The Morgan fingerprint density at radius 1 is 0.972 bits per heavy atom. The van der Waals surface area contributed by atoms with Gasteiger partial charge in [0.25, 0.3) is 5.91 Å². The van der Waals surface area contributed by atoms with E-state index >= 15 is 0 Å². The van der Waals surface area contributed by atoms with Gasteiger partial charge in [0.15, 0.2) is 0 Å². The number of hydrogen-bond acceptors (Lipinski definition) is 6. The zero-order chi connectivity index (χ0) is 25.3. The van der Waals surface area contributed by atoms with Crippen molar-refractivity contribution in [3.05, 3.63) is 95.9 Å². The summed E-state index contributed by atoms with van der Waals surface area (Å²) in [6.07, 6.45) is 6.19. The van der Waals surface area contributed by atoms with Crippen LogP contribution in [0.4, 0.5) is 17.3 Å². The molecular weight excluding hydrogens is 448 g/mol. The number of carbonyl (C=O) groups is 1. The van der Waals surface area contributed by atoms with E-state index < -0.39 is 0 Å². The van der Waals surface area contributed by atoms with E-state index in [0.29, 0.717) is 17.2 Å². The summed E-state index contributed by atoms with van der Waals surface area (Å²) in [5, 5.41) is 6.28. The molecule has 1 amide bonds. The fourth-order valence-corrected chi connectivity index (χ4v) is 3.90. The molecule has 2 N–H and O–H groups in total. The SMILES string of the molecule is CCN(CC)CCc1ccc(C(=O)Nc2ccc(C)c(Nc3nccc(-c4cccnc4)n3)c2)cc1. The number of amides is 1. The Morgan fingerprint density at radius 3 is 2.50 bits per heavy atom. The van der Waals surface area contributed by atoms with E-state index in [9.17, 15) is 4.79 Å². The highest BCUT2D eigenvalue weighted by Crippen LogP contribution is 2.24. The first kappa shape index (κ1) is 25.0. The Labute approximate surface area is 212 Å². The van der Waals surface area contributed by atoms with Crippen molar-refractivity contribution < 1.29 is 4.79 Å². The van der Waals surface area contributed by atoms with E-state index in [0.717, 1.165) is 48.6 Å². The normalized spacial score (nSPS) is 10.9. The summed E-state index contributed by atoms with van der Waals surface area (Å²) in [5.74, 6) is 0.332. The van der Waals surface area contributed by atoms with Crippen LogP contribution in [0.15, 0.2) is 79.3 Å². The summed E-state index contributed by atoms with van der Waals surface area (Å²) in [6, 6.07) is 19.3. The molecule has 184 valence electrons. The molecule has 4 rings (SSSR count). The van der Waals surface area contributed by atoms with Crippen LogP contribution in [-0.4, -0.2) is 45.4 Å². The molecule has 0 aliphatic rings. The van der Waals surface area contributed by atoms with E-state index in [1.807, 2.05) is 67.6 Å². The molecule has 0 saturated carbocycles. The topological polar surface area (TPSA) is 83.0 Å². The number of carbonyl (C=O) groups excluding carboxylic acids is 1. The molecule has 0 bridgehead atoms. The third-order valence-corrected chi connectivity index (χ3v) is 6.18. The molecular formula is C29H32N6O. The molecule has 2 aromatic carbocycles. The number of nitrogens with zero attached hydrogens (tertiary/aromatic N) is 4. The molecule has 36 heavy (non-hydrogen) atoms. The van der Waals surface area contributed by atoms with Gasteiger partial charge in [-0.05, 0) is 80.0 Å². The quantitative estimate of drug-likeness (QED) is 0.302. The van der Waals surface area contributed by atoms with Gasteiger partial charge in [-0.1, -0.05) is 32.0 Å². The van der Waals surface area contributed by atoms with Gasteiger partial charge in [-0.25, -0.2) is 9.97 Å². The minimum atomic E-state index is -0.144. The van der Waals surface area contributed by atoms with Crippen LogP contribution >= 0.6 is 0 Å². The average molecular weight is 481 g/mol. The monoisotopic (exact) mass is 480 g/mol. The van der Waals surface area contributed by atoms with Crippen LogP contribution in [-0.2, 0) is 6.42 Å². The third kappa shape index (κ3) is 6.52. The van der Waals surface area contributed by atoms with Gasteiger partial charge in [-0.2, -0.15) is 0 Å². The molecule has 0 unspecified atom stereocenters. The number of aryl methyl sites for hydroxylation is 1. The van der Waals surface area contributed by atoms with Crippen LogP contribution in [0.1, 0.15) is 35.3 Å². The second-order valence-electron chi connectivity index (χ2n) is 8.59. The van der Waals surface area contributed by atoms with Crippen LogP contribution < -0.4 is 10.6 Å². The maximum Gasteiger partial charge on any atom is 0.255 e. The van der Waals surface area contributed by atoms with Crippen molar-refractivity contribution in [2.75, 3.05) is 30.3 Å². The predicted molar refractivity (Wildman–Crippen MR) is 146 cm³/mol. The smallest absolute Gasteiger partial charge is 0.255 e. The molecule has 2 aromatic heterocycles. The van der Waals surface area contributed by atoms with Crippen molar-refractivity contribution in [3.8, 4) is 11.3 Å². The van der Waals surface area contributed by atoms with Crippen molar-refractivity contribution in [2.45, 2.75) is 27.2 Å². The maximum atomic E-state index is 12.9. The van der Waals surface area contributed by atoms with E-state index in [2.05, 4.69) is 44.3 Å². The first-order valence-corrected chi connectivity index (χ1v) is 12.3. The molecule has 0 fully saturated rings. The number of rotatable bonds is 10. The summed E-state index contributed by atoms with van der Waals surface area (Å²) < 4.78 is 0. The lowest BCUT2D eigenvalue weighted by atomic mass is 10.1. The summed E-state index contributed by atoms with van der Waals surface area (Å²) in [5.41, 5.74) is 6.09. The van der Waals surface area contributed by atoms with Gasteiger partial charge in [-0.3, -0.25) is 9.78 Å². The highest BCUT2D eigenvalue weighted by molar-refractivity contribution is 6.04. The van der Waals surface area contributed by atoms with Crippen molar-refractivity contribution in [3.63, 3.8) is 0 Å². The maximum absolute atomic E-state index is 12.9. The summed E-state index contributed by atoms with van der Waals surface area (Å²) >= 11 is 0. The molecule has 4 aromatic rings. The van der Waals surface area contributed by atoms with Crippen LogP contribution in [0, 0.1) is 6.92 Å². The van der Waals surface area contributed by atoms with Crippen molar-refractivity contribution in [1.29, 1.82) is 0 Å². The van der Waals surface area contributed by atoms with Gasteiger partial charge in [0.1, 0.15) is 0 Å². The minimum Gasteiger partial charge on any atom is -0.324 e. The minimum absolute atomic E-state index is 0.144. The van der Waals surface area contributed by atoms with Crippen LogP contribution in [0.2, 0.25) is 0 Å². The number of nitrogens with one attached hydrogen (secondary N) is 2. The largest absolute Gasteiger partial charge is 0.324 e. The summed E-state index contributed by atoms with van der Waals surface area (Å²) in [4.78, 5) is 28.4. The van der Waals surface area contributed by atoms with Gasteiger partial charge in [0, 0.05) is 47.6 Å². The standard InChI is InChI=1S/C29H32N6O/c1-4-35(5-2)18-15-22-9-11-23(12-10-22)28(36)32-25-13-8-21(3)27(19-25)34-29-31-17-14-26(33-29)24-7-6-16-30-20-24/h6-14,16-17,19-20H,4-5,15,18H2,1-3H3,(H,32,36)(H,31,33,34). The number of aromatic nitrogens is 3. The van der Waals surface area contributed by atoms with Crippen LogP contribution in [0.3, 0.4) is 0 Å². The second kappa shape index (κ2) is 12.0. The van der Waals surface area contributed by atoms with Crippen molar-refractivity contribution in [2.24, 2.45) is 0 Å². The van der Waals surface area contributed by atoms with E-state index in [-0.39, 0.29) is 5.91 Å². The Morgan fingerprint density at radius 2 is 1.78 bits per heavy atom.